The first kappa shape index (κ1) is 13.4. The number of nitrogens with one attached hydrogen (secondary N) is 1. The van der Waals surface area contributed by atoms with Crippen molar-refractivity contribution in [2.45, 2.75) is 46.6 Å². The highest BCUT2D eigenvalue weighted by molar-refractivity contribution is 9.10. The molecule has 1 N–H and O–H groups in total. The SMILES string of the molecule is CCC(C)CC(C)Nc1cc(Br)nc(C)n1. The van der Waals surface area contributed by atoms with Gasteiger partial charge in [-0.05, 0) is 42.1 Å². The molecule has 0 aliphatic heterocycles. The fraction of sp³-hybridized carbons (Fsp3) is 0.667. The van der Waals surface area contributed by atoms with E-state index in [1.165, 1.54) is 6.42 Å². The van der Waals surface area contributed by atoms with E-state index in [2.05, 4.69) is 52.0 Å². The average molecular weight is 286 g/mol. The fourth-order valence-electron chi connectivity index (χ4n) is 1.69. The van der Waals surface area contributed by atoms with Gasteiger partial charge in [-0.3, -0.25) is 0 Å². The van der Waals surface area contributed by atoms with Gasteiger partial charge in [0.2, 0.25) is 0 Å². The minimum atomic E-state index is 0.441. The third-order valence-corrected chi connectivity index (χ3v) is 3.06. The minimum absolute atomic E-state index is 0.441. The van der Waals surface area contributed by atoms with Crippen LogP contribution < -0.4 is 5.32 Å². The van der Waals surface area contributed by atoms with E-state index in [-0.39, 0.29) is 0 Å². The van der Waals surface area contributed by atoms with E-state index in [9.17, 15) is 0 Å². The largest absolute Gasteiger partial charge is 0.367 e. The van der Waals surface area contributed by atoms with Gasteiger partial charge in [0.1, 0.15) is 16.2 Å². The Balaban J connectivity index is 2.58. The Hall–Kier alpha value is -0.640. The molecule has 0 aromatic carbocycles. The van der Waals surface area contributed by atoms with Gasteiger partial charge in [0.15, 0.2) is 0 Å². The van der Waals surface area contributed by atoms with Gasteiger partial charge in [-0.2, -0.15) is 0 Å². The van der Waals surface area contributed by atoms with Crippen LogP contribution in [0.15, 0.2) is 10.7 Å². The number of halogens is 1. The van der Waals surface area contributed by atoms with Crippen LogP contribution in [0.3, 0.4) is 0 Å². The van der Waals surface area contributed by atoms with Gasteiger partial charge in [0, 0.05) is 12.1 Å². The zero-order chi connectivity index (χ0) is 12.1. The van der Waals surface area contributed by atoms with Crippen LogP contribution in [0.5, 0.6) is 0 Å². The van der Waals surface area contributed by atoms with Gasteiger partial charge in [-0.1, -0.05) is 20.3 Å². The number of rotatable bonds is 5. The van der Waals surface area contributed by atoms with E-state index in [1.54, 1.807) is 0 Å². The summed E-state index contributed by atoms with van der Waals surface area (Å²) in [4.78, 5) is 8.54. The maximum Gasteiger partial charge on any atom is 0.131 e. The molecule has 1 heterocycles. The second-order valence-corrected chi connectivity index (χ2v) is 5.23. The molecule has 4 heteroatoms. The third-order valence-electron chi connectivity index (χ3n) is 2.65. The molecule has 3 nitrogen and oxygen atoms in total. The van der Waals surface area contributed by atoms with Gasteiger partial charge in [0.25, 0.3) is 0 Å². The van der Waals surface area contributed by atoms with Crippen LogP contribution in [0.4, 0.5) is 5.82 Å². The van der Waals surface area contributed by atoms with Crippen molar-refractivity contribution in [3.63, 3.8) is 0 Å². The standard InChI is InChI=1S/C12H20BrN3/c1-5-8(2)6-9(3)14-12-7-11(13)15-10(4)16-12/h7-9H,5-6H2,1-4H3,(H,14,15,16). The van der Waals surface area contributed by atoms with Crippen LogP contribution in [-0.2, 0) is 0 Å². The molecule has 2 atom stereocenters. The van der Waals surface area contributed by atoms with Crippen molar-refractivity contribution in [1.82, 2.24) is 9.97 Å². The highest BCUT2D eigenvalue weighted by Crippen LogP contribution is 2.16. The first-order valence-corrected chi connectivity index (χ1v) is 6.58. The van der Waals surface area contributed by atoms with Crippen molar-refractivity contribution < 1.29 is 0 Å². The van der Waals surface area contributed by atoms with E-state index >= 15 is 0 Å². The molecule has 0 spiro atoms. The van der Waals surface area contributed by atoms with Crippen LogP contribution in [0, 0.1) is 12.8 Å². The van der Waals surface area contributed by atoms with Crippen LogP contribution in [0.25, 0.3) is 0 Å². The highest BCUT2D eigenvalue weighted by Gasteiger charge is 2.08. The summed E-state index contributed by atoms with van der Waals surface area (Å²) in [5.41, 5.74) is 0. The predicted octanol–water partition coefficient (Wildman–Crippen LogP) is 3.78. The molecule has 0 saturated heterocycles. The van der Waals surface area contributed by atoms with E-state index in [0.29, 0.717) is 6.04 Å². The third kappa shape index (κ3) is 4.47. The van der Waals surface area contributed by atoms with Crippen molar-refractivity contribution in [3.8, 4) is 0 Å². The Morgan fingerprint density at radius 2 is 2.06 bits per heavy atom. The summed E-state index contributed by atoms with van der Waals surface area (Å²) in [6.45, 7) is 8.59. The Kier molecular flexibility index (Phi) is 5.19. The van der Waals surface area contributed by atoms with Crippen molar-refractivity contribution in [2.75, 3.05) is 5.32 Å². The van der Waals surface area contributed by atoms with Crippen LogP contribution in [-0.4, -0.2) is 16.0 Å². The lowest BCUT2D eigenvalue weighted by Gasteiger charge is -2.18. The lowest BCUT2D eigenvalue weighted by Crippen LogP contribution is -2.19. The van der Waals surface area contributed by atoms with Crippen LogP contribution >= 0.6 is 15.9 Å². The van der Waals surface area contributed by atoms with Crippen molar-refractivity contribution in [3.05, 3.63) is 16.5 Å². The summed E-state index contributed by atoms with van der Waals surface area (Å²) < 4.78 is 0.832. The van der Waals surface area contributed by atoms with Gasteiger partial charge >= 0.3 is 0 Å². The van der Waals surface area contributed by atoms with Gasteiger partial charge < -0.3 is 5.32 Å². The zero-order valence-electron chi connectivity index (χ0n) is 10.4. The molecular formula is C12H20BrN3. The number of anilines is 1. The number of aromatic nitrogens is 2. The Bertz CT molecular complexity index is 321. The fourth-order valence-corrected chi connectivity index (χ4v) is 2.16. The lowest BCUT2D eigenvalue weighted by molar-refractivity contribution is 0.483. The molecule has 1 rings (SSSR count). The van der Waals surface area contributed by atoms with E-state index in [0.717, 1.165) is 28.6 Å². The van der Waals surface area contributed by atoms with Crippen LogP contribution in [0.2, 0.25) is 0 Å². The Morgan fingerprint density at radius 3 is 2.62 bits per heavy atom. The summed E-state index contributed by atoms with van der Waals surface area (Å²) in [7, 11) is 0. The van der Waals surface area contributed by atoms with Crippen LogP contribution in [0.1, 0.15) is 39.4 Å². The summed E-state index contributed by atoms with van der Waals surface area (Å²) >= 11 is 3.38. The summed E-state index contributed by atoms with van der Waals surface area (Å²) in [6, 6.07) is 2.36. The maximum absolute atomic E-state index is 4.35. The van der Waals surface area contributed by atoms with Gasteiger partial charge in [-0.15, -0.1) is 0 Å². The second kappa shape index (κ2) is 6.18. The molecule has 90 valence electrons. The normalized spacial score (nSPS) is 14.6. The number of hydrogen-bond donors (Lipinski definition) is 1. The molecule has 1 aromatic heterocycles. The molecule has 0 fully saturated rings. The first-order valence-electron chi connectivity index (χ1n) is 5.79. The van der Waals surface area contributed by atoms with Crippen molar-refractivity contribution in [2.24, 2.45) is 5.92 Å². The first-order chi connectivity index (χ1) is 7.51. The van der Waals surface area contributed by atoms with Gasteiger partial charge in [0.05, 0.1) is 0 Å². The number of hydrogen-bond acceptors (Lipinski definition) is 3. The molecule has 0 aliphatic rings. The minimum Gasteiger partial charge on any atom is -0.367 e. The average Bonchev–Trinajstić information content (AvgIpc) is 2.15. The Morgan fingerprint density at radius 1 is 1.38 bits per heavy atom. The predicted molar refractivity (Wildman–Crippen MR) is 71.6 cm³/mol. The maximum atomic E-state index is 4.35. The molecule has 0 radical (unpaired) electrons. The number of aryl methyl sites for hydroxylation is 1. The molecule has 0 saturated carbocycles. The molecular weight excluding hydrogens is 266 g/mol. The highest BCUT2D eigenvalue weighted by atomic mass is 79.9. The summed E-state index contributed by atoms with van der Waals surface area (Å²) in [5.74, 6) is 2.43. The smallest absolute Gasteiger partial charge is 0.131 e. The van der Waals surface area contributed by atoms with Crippen molar-refractivity contribution in [1.29, 1.82) is 0 Å². The van der Waals surface area contributed by atoms with E-state index in [1.807, 2.05) is 13.0 Å². The summed E-state index contributed by atoms with van der Waals surface area (Å²) in [6.07, 6.45) is 2.38. The quantitative estimate of drug-likeness (QED) is 0.837. The molecule has 0 aliphatic carbocycles. The summed E-state index contributed by atoms with van der Waals surface area (Å²) in [5, 5.41) is 3.41. The lowest BCUT2D eigenvalue weighted by atomic mass is 10.0. The molecule has 1 aromatic rings. The van der Waals surface area contributed by atoms with E-state index < -0.39 is 0 Å². The Labute approximate surface area is 106 Å². The topological polar surface area (TPSA) is 37.8 Å². The molecule has 0 amide bonds. The molecule has 16 heavy (non-hydrogen) atoms. The van der Waals surface area contributed by atoms with E-state index in [4.69, 9.17) is 0 Å². The van der Waals surface area contributed by atoms with Crippen molar-refractivity contribution >= 4 is 21.7 Å². The second-order valence-electron chi connectivity index (χ2n) is 4.42. The zero-order valence-corrected chi connectivity index (χ0v) is 12.0. The molecule has 2 unspecified atom stereocenters. The molecule has 0 bridgehead atoms. The number of nitrogens with zero attached hydrogens (tertiary/aromatic N) is 2. The van der Waals surface area contributed by atoms with Gasteiger partial charge in [-0.25, -0.2) is 9.97 Å². The monoisotopic (exact) mass is 285 g/mol.